The van der Waals surface area contributed by atoms with Crippen LogP contribution >= 0.6 is 0 Å². The third-order valence-electron chi connectivity index (χ3n) is 6.38. The predicted molar refractivity (Wildman–Crippen MR) is 132 cm³/mol. The molecule has 0 aromatic carbocycles. The van der Waals surface area contributed by atoms with Crippen LogP contribution < -0.4 is 10.6 Å². The van der Waals surface area contributed by atoms with E-state index in [4.69, 9.17) is 0 Å². The van der Waals surface area contributed by atoms with Gasteiger partial charge in [-0.15, -0.1) is 0 Å². The fourth-order valence-electron chi connectivity index (χ4n) is 4.15. The normalized spacial score (nSPS) is 17.9. The van der Waals surface area contributed by atoms with Gasteiger partial charge in [-0.1, -0.05) is 5.92 Å². The zero-order chi connectivity index (χ0) is 23.7. The van der Waals surface area contributed by atoms with E-state index in [1.54, 1.807) is 18.3 Å². The number of amides is 2. The SMILES string of the molecule is Cc1ncc(NC(=O)CN2CCC[C@@H]2C)cc1NC(=O)c1cnc2[nH]c(C#CC3CC3)cc2c1. The van der Waals surface area contributed by atoms with Gasteiger partial charge in [0.15, 0.2) is 0 Å². The van der Waals surface area contributed by atoms with Crippen molar-refractivity contribution in [3.05, 3.63) is 47.5 Å². The summed E-state index contributed by atoms with van der Waals surface area (Å²) >= 11 is 0. The number of aryl methyl sites for hydroxylation is 1. The van der Waals surface area contributed by atoms with Gasteiger partial charge in [-0.25, -0.2) is 4.98 Å². The number of nitrogens with zero attached hydrogens (tertiary/aromatic N) is 3. The Bertz CT molecular complexity index is 1310. The number of rotatable bonds is 5. The summed E-state index contributed by atoms with van der Waals surface area (Å²) in [6, 6.07) is 5.86. The molecule has 174 valence electrons. The summed E-state index contributed by atoms with van der Waals surface area (Å²) in [5.41, 5.74) is 3.70. The molecule has 0 unspecified atom stereocenters. The highest BCUT2D eigenvalue weighted by Gasteiger charge is 2.22. The second-order valence-electron chi connectivity index (χ2n) is 9.21. The quantitative estimate of drug-likeness (QED) is 0.508. The predicted octanol–water partition coefficient (Wildman–Crippen LogP) is 3.70. The number of anilines is 2. The van der Waals surface area contributed by atoms with Gasteiger partial charge >= 0.3 is 0 Å². The summed E-state index contributed by atoms with van der Waals surface area (Å²) in [5.74, 6) is 6.51. The first-order valence-electron chi connectivity index (χ1n) is 11.8. The Morgan fingerprint density at radius 2 is 2.00 bits per heavy atom. The lowest BCUT2D eigenvalue weighted by atomic mass is 10.2. The van der Waals surface area contributed by atoms with Crippen molar-refractivity contribution in [3.63, 3.8) is 0 Å². The van der Waals surface area contributed by atoms with Gasteiger partial charge in [0.25, 0.3) is 5.91 Å². The minimum atomic E-state index is -0.291. The molecule has 1 atom stereocenters. The molecule has 3 aromatic heterocycles. The second kappa shape index (κ2) is 9.27. The topological polar surface area (TPSA) is 103 Å². The summed E-state index contributed by atoms with van der Waals surface area (Å²) in [4.78, 5) is 39.5. The number of fused-ring (bicyclic) bond motifs is 1. The van der Waals surface area contributed by atoms with Crippen LogP contribution in [0.1, 0.15) is 54.4 Å². The lowest BCUT2D eigenvalue weighted by molar-refractivity contribution is -0.117. The van der Waals surface area contributed by atoms with E-state index in [-0.39, 0.29) is 11.8 Å². The van der Waals surface area contributed by atoms with Crippen molar-refractivity contribution in [2.24, 2.45) is 5.92 Å². The average molecular weight is 457 g/mol. The molecule has 1 saturated carbocycles. The first-order valence-corrected chi connectivity index (χ1v) is 11.8. The minimum absolute atomic E-state index is 0.0839. The number of carbonyl (C=O) groups excluding carboxylic acids is 2. The van der Waals surface area contributed by atoms with E-state index in [0.717, 1.165) is 30.5 Å². The molecule has 34 heavy (non-hydrogen) atoms. The molecule has 0 bridgehead atoms. The lowest BCUT2D eigenvalue weighted by Gasteiger charge is -2.20. The van der Waals surface area contributed by atoms with Gasteiger partial charge in [-0.05, 0) is 70.2 Å². The Morgan fingerprint density at radius 1 is 1.15 bits per heavy atom. The van der Waals surface area contributed by atoms with Gasteiger partial charge in [-0.2, -0.15) is 0 Å². The maximum Gasteiger partial charge on any atom is 0.257 e. The van der Waals surface area contributed by atoms with E-state index in [9.17, 15) is 9.59 Å². The van der Waals surface area contributed by atoms with Crippen molar-refractivity contribution in [1.29, 1.82) is 0 Å². The van der Waals surface area contributed by atoms with Crippen LogP contribution in [0.4, 0.5) is 11.4 Å². The van der Waals surface area contributed by atoms with Gasteiger partial charge in [0.05, 0.1) is 41.1 Å². The van der Waals surface area contributed by atoms with Crippen LogP contribution in [0.5, 0.6) is 0 Å². The molecule has 3 aromatic rings. The number of H-pyrrole nitrogens is 1. The van der Waals surface area contributed by atoms with Crippen LogP contribution in [0.2, 0.25) is 0 Å². The fraction of sp³-hybridized carbons (Fsp3) is 0.385. The summed E-state index contributed by atoms with van der Waals surface area (Å²) in [6.45, 7) is 5.25. The molecule has 4 heterocycles. The number of hydrogen-bond acceptors (Lipinski definition) is 5. The maximum absolute atomic E-state index is 12.9. The van der Waals surface area contributed by atoms with Crippen molar-refractivity contribution in [1.82, 2.24) is 19.9 Å². The van der Waals surface area contributed by atoms with Crippen LogP contribution in [0.25, 0.3) is 11.0 Å². The summed E-state index contributed by atoms with van der Waals surface area (Å²) in [5, 5.41) is 6.63. The van der Waals surface area contributed by atoms with E-state index in [1.165, 1.54) is 19.0 Å². The number of aromatic nitrogens is 3. The molecule has 0 radical (unpaired) electrons. The van der Waals surface area contributed by atoms with Crippen molar-refractivity contribution in [2.75, 3.05) is 23.7 Å². The van der Waals surface area contributed by atoms with Crippen LogP contribution in [0, 0.1) is 24.7 Å². The summed E-state index contributed by atoms with van der Waals surface area (Å²) < 4.78 is 0. The van der Waals surface area contributed by atoms with Gasteiger partial charge in [0.1, 0.15) is 5.65 Å². The molecule has 0 spiro atoms. The molecule has 3 N–H and O–H groups in total. The molecule has 1 saturated heterocycles. The highest BCUT2D eigenvalue weighted by Crippen LogP contribution is 2.27. The molecular weight excluding hydrogens is 428 g/mol. The Morgan fingerprint density at radius 3 is 2.76 bits per heavy atom. The standard InChI is InChI=1S/C26H28N6O2/c1-16-4-3-9-32(16)15-24(33)29-22-12-23(17(2)27-14-22)31-26(34)20-10-19-11-21(8-7-18-5-6-18)30-25(19)28-13-20/h10-14,16,18H,3-6,9,15H2,1-2H3,(H,28,30)(H,29,33)(H,31,34)/t16-/m0/s1. The molecule has 8 nitrogen and oxygen atoms in total. The zero-order valence-electron chi connectivity index (χ0n) is 19.4. The maximum atomic E-state index is 12.9. The highest BCUT2D eigenvalue weighted by molar-refractivity contribution is 6.06. The molecule has 2 amide bonds. The third-order valence-corrected chi connectivity index (χ3v) is 6.38. The minimum Gasteiger partial charge on any atom is -0.333 e. The molecule has 2 fully saturated rings. The van der Waals surface area contributed by atoms with Crippen molar-refractivity contribution >= 4 is 34.2 Å². The fourth-order valence-corrected chi connectivity index (χ4v) is 4.15. The number of aromatic amines is 1. The largest absolute Gasteiger partial charge is 0.333 e. The Balaban J connectivity index is 1.26. The van der Waals surface area contributed by atoms with Crippen LogP contribution in [0.3, 0.4) is 0 Å². The van der Waals surface area contributed by atoms with Gasteiger partial charge in [-0.3, -0.25) is 19.5 Å². The van der Waals surface area contributed by atoms with Crippen molar-refractivity contribution in [3.8, 4) is 11.8 Å². The van der Waals surface area contributed by atoms with Gasteiger partial charge in [0, 0.05) is 23.5 Å². The van der Waals surface area contributed by atoms with E-state index in [1.807, 2.05) is 13.0 Å². The van der Waals surface area contributed by atoms with E-state index in [2.05, 4.69) is 49.3 Å². The Kier molecular flexibility index (Phi) is 6.03. The van der Waals surface area contributed by atoms with Crippen molar-refractivity contribution in [2.45, 2.75) is 45.6 Å². The molecule has 1 aliphatic heterocycles. The monoisotopic (exact) mass is 456 g/mol. The highest BCUT2D eigenvalue weighted by atomic mass is 16.2. The zero-order valence-corrected chi connectivity index (χ0v) is 19.4. The Hall–Kier alpha value is -3.70. The first-order chi connectivity index (χ1) is 16.4. The summed E-state index contributed by atoms with van der Waals surface area (Å²) in [6.07, 6.45) is 7.73. The van der Waals surface area contributed by atoms with E-state index in [0.29, 0.717) is 46.8 Å². The summed E-state index contributed by atoms with van der Waals surface area (Å²) in [7, 11) is 0. The Labute approximate surface area is 198 Å². The number of hydrogen-bond donors (Lipinski definition) is 3. The third kappa shape index (κ3) is 5.10. The van der Waals surface area contributed by atoms with E-state index < -0.39 is 0 Å². The van der Waals surface area contributed by atoms with Crippen LogP contribution in [0.15, 0.2) is 30.6 Å². The van der Waals surface area contributed by atoms with Gasteiger partial charge < -0.3 is 15.6 Å². The van der Waals surface area contributed by atoms with E-state index >= 15 is 0 Å². The average Bonchev–Trinajstić information content (AvgIpc) is 3.43. The van der Waals surface area contributed by atoms with Crippen LogP contribution in [-0.4, -0.2) is 50.8 Å². The molecule has 8 heteroatoms. The number of pyridine rings is 2. The molecule has 2 aliphatic rings. The lowest BCUT2D eigenvalue weighted by Crippen LogP contribution is -2.35. The number of carbonyl (C=O) groups is 2. The second-order valence-corrected chi connectivity index (χ2v) is 9.21. The first kappa shape index (κ1) is 22.1. The van der Waals surface area contributed by atoms with Gasteiger partial charge in [0.2, 0.25) is 5.91 Å². The smallest absolute Gasteiger partial charge is 0.257 e. The van der Waals surface area contributed by atoms with Crippen LogP contribution in [-0.2, 0) is 4.79 Å². The number of nitrogens with one attached hydrogen (secondary N) is 3. The number of likely N-dealkylation sites (tertiary alicyclic amines) is 1. The molecule has 5 rings (SSSR count). The molecule has 1 aliphatic carbocycles. The molecular formula is C26H28N6O2. The van der Waals surface area contributed by atoms with Crippen molar-refractivity contribution < 1.29 is 9.59 Å².